The van der Waals surface area contributed by atoms with Gasteiger partial charge in [-0.2, -0.15) is 0 Å². The Morgan fingerprint density at radius 1 is 1.00 bits per heavy atom. The van der Waals surface area contributed by atoms with Crippen LogP contribution in [0.2, 0.25) is 0 Å². The van der Waals surface area contributed by atoms with Gasteiger partial charge in [-0.25, -0.2) is 0 Å². The Hall–Kier alpha value is -2.49. The second kappa shape index (κ2) is 9.85. The van der Waals surface area contributed by atoms with Crippen molar-refractivity contribution in [1.29, 1.82) is 0 Å². The number of amides is 1. The number of nitrogens with one attached hydrogen (secondary N) is 1. The molecule has 26 heavy (non-hydrogen) atoms. The van der Waals surface area contributed by atoms with E-state index in [9.17, 15) is 4.79 Å². The topological polar surface area (TPSA) is 47.6 Å². The number of carbonyl (C=O) groups is 1. The molecule has 0 aromatic heterocycles. The monoisotopic (exact) mass is 355 g/mol. The molecule has 140 valence electrons. The molecule has 1 amide bonds. The second-order valence-electron chi connectivity index (χ2n) is 6.91. The van der Waals surface area contributed by atoms with E-state index in [1.165, 1.54) is 0 Å². The maximum Gasteiger partial charge on any atom is 0.262 e. The molecule has 0 aliphatic rings. The normalized spacial score (nSPS) is 11.9. The Kier molecular flexibility index (Phi) is 7.52. The third-order valence-corrected chi connectivity index (χ3v) is 4.14. The van der Waals surface area contributed by atoms with Crippen LogP contribution in [0.4, 0.5) is 5.69 Å². The van der Waals surface area contributed by atoms with Crippen LogP contribution in [0.25, 0.3) is 0 Å². The Morgan fingerprint density at radius 3 is 2.35 bits per heavy atom. The number of hydrogen-bond donors (Lipinski definition) is 1. The van der Waals surface area contributed by atoms with Crippen molar-refractivity contribution in [3.63, 3.8) is 0 Å². The molecule has 0 saturated carbocycles. The average Bonchev–Trinajstić information content (AvgIpc) is 2.65. The summed E-state index contributed by atoms with van der Waals surface area (Å²) in [4.78, 5) is 12.2. The summed E-state index contributed by atoms with van der Waals surface area (Å²) in [6.07, 6.45) is 1.03. The van der Waals surface area contributed by atoms with Gasteiger partial charge in [0, 0.05) is 5.69 Å². The van der Waals surface area contributed by atoms with E-state index in [0.29, 0.717) is 18.4 Å². The van der Waals surface area contributed by atoms with Gasteiger partial charge in [0.25, 0.3) is 5.91 Å². The van der Waals surface area contributed by atoms with Gasteiger partial charge in [-0.05, 0) is 54.2 Å². The molecule has 1 atom stereocenters. The van der Waals surface area contributed by atoms with Crippen LogP contribution in [0.3, 0.4) is 0 Å². The number of benzene rings is 2. The fourth-order valence-corrected chi connectivity index (χ4v) is 2.48. The Labute approximate surface area is 156 Å². The predicted molar refractivity (Wildman–Crippen MR) is 106 cm³/mol. The number of carbonyl (C=O) groups excluding carboxylic acids is 1. The van der Waals surface area contributed by atoms with Gasteiger partial charge in [-0.1, -0.05) is 45.9 Å². The molecular weight excluding hydrogens is 326 g/mol. The molecule has 4 heteroatoms. The van der Waals surface area contributed by atoms with Gasteiger partial charge < -0.3 is 14.8 Å². The van der Waals surface area contributed by atoms with Gasteiger partial charge in [0.2, 0.25) is 0 Å². The van der Waals surface area contributed by atoms with Gasteiger partial charge >= 0.3 is 0 Å². The van der Waals surface area contributed by atoms with Crippen LogP contribution >= 0.6 is 0 Å². The predicted octanol–water partition coefficient (Wildman–Crippen LogP) is 5.25. The summed E-state index contributed by atoms with van der Waals surface area (Å²) in [5.41, 5.74) is 1.86. The van der Waals surface area contributed by atoms with E-state index in [0.717, 1.165) is 29.2 Å². The summed E-state index contributed by atoms with van der Waals surface area (Å²) in [6, 6.07) is 15.3. The summed E-state index contributed by atoms with van der Waals surface area (Å²) in [5.74, 6) is 2.27. The van der Waals surface area contributed by atoms with Crippen molar-refractivity contribution in [2.24, 2.45) is 5.92 Å². The summed E-state index contributed by atoms with van der Waals surface area (Å²) in [6.45, 7) is 9.17. The first-order valence-electron chi connectivity index (χ1n) is 9.24. The Bertz CT molecular complexity index is 695. The molecule has 2 aromatic rings. The molecule has 0 spiro atoms. The molecule has 0 fully saturated rings. The van der Waals surface area contributed by atoms with Crippen LogP contribution in [-0.2, 0) is 4.79 Å². The highest BCUT2D eigenvalue weighted by atomic mass is 16.5. The molecular formula is C22H29NO3. The maximum absolute atomic E-state index is 12.2. The van der Waals surface area contributed by atoms with Gasteiger partial charge in [0.1, 0.15) is 11.5 Å². The molecule has 0 unspecified atom stereocenters. The molecule has 0 saturated heterocycles. The van der Waals surface area contributed by atoms with Gasteiger partial charge in [-0.15, -0.1) is 0 Å². The molecule has 0 bridgehead atoms. The third kappa shape index (κ3) is 6.10. The van der Waals surface area contributed by atoms with Gasteiger partial charge in [0.05, 0.1) is 6.61 Å². The van der Waals surface area contributed by atoms with Crippen molar-refractivity contribution in [1.82, 2.24) is 0 Å². The zero-order valence-corrected chi connectivity index (χ0v) is 16.1. The molecule has 0 radical (unpaired) electrons. The van der Waals surface area contributed by atoms with Crippen molar-refractivity contribution < 1.29 is 14.3 Å². The summed E-state index contributed by atoms with van der Waals surface area (Å²) < 4.78 is 11.4. The van der Waals surface area contributed by atoms with E-state index < -0.39 is 0 Å². The quantitative estimate of drug-likeness (QED) is 0.668. The van der Waals surface area contributed by atoms with Crippen molar-refractivity contribution in [3.05, 3.63) is 54.1 Å². The summed E-state index contributed by atoms with van der Waals surface area (Å²) in [5, 5.41) is 2.85. The van der Waals surface area contributed by atoms with Crippen LogP contribution in [0.5, 0.6) is 11.5 Å². The fourth-order valence-electron chi connectivity index (χ4n) is 2.48. The van der Waals surface area contributed by atoms with Gasteiger partial charge in [-0.3, -0.25) is 4.79 Å². The van der Waals surface area contributed by atoms with Crippen molar-refractivity contribution in [3.8, 4) is 11.5 Å². The van der Waals surface area contributed by atoms with Crippen molar-refractivity contribution in [2.45, 2.75) is 40.0 Å². The van der Waals surface area contributed by atoms with Crippen LogP contribution in [0.1, 0.15) is 45.6 Å². The largest absolute Gasteiger partial charge is 0.493 e. The standard InChI is InChI=1S/C22H29NO3/c1-5-17(4)20-8-6-7-9-21(20)26-15-22(24)23-18-10-12-19(13-11-18)25-14-16(2)3/h6-13,16-17H,5,14-15H2,1-4H3,(H,23,24)/t17-/m1/s1. The van der Waals surface area contributed by atoms with E-state index in [1.54, 1.807) is 0 Å². The zero-order valence-electron chi connectivity index (χ0n) is 16.1. The molecule has 1 N–H and O–H groups in total. The van der Waals surface area contributed by atoms with Crippen LogP contribution in [-0.4, -0.2) is 19.1 Å². The van der Waals surface area contributed by atoms with Gasteiger partial charge in [0.15, 0.2) is 6.61 Å². The van der Waals surface area contributed by atoms with E-state index >= 15 is 0 Å². The Morgan fingerprint density at radius 2 is 1.69 bits per heavy atom. The number of hydrogen-bond acceptors (Lipinski definition) is 3. The van der Waals surface area contributed by atoms with E-state index in [2.05, 4.69) is 39.1 Å². The molecule has 2 rings (SSSR count). The average molecular weight is 355 g/mol. The highest BCUT2D eigenvalue weighted by Gasteiger charge is 2.11. The lowest BCUT2D eigenvalue weighted by molar-refractivity contribution is -0.118. The maximum atomic E-state index is 12.2. The van der Waals surface area contributed by atoms with Crippen molar-refractivity contribution >= 4 is 11.6 Å². The molecule has 2 aromatic carbocycles. The highest BCUT2D eigenvalue weighted by molar-refractivity contribution is 5.91. The first-order chi connectivity index (χ1) is 12.5. The van der Waals surface area contributed by atoms with Crippen LogP contribution in [0, 0.1) is 5.92 Å². The summed E-state index contributed by atoms with van der Waals surface area (Å²) in [7, 11) is 0. The lowest BCUT2D eigenvalue weighted by Gasteiger charge is -2.15. The van der Waals surface area contributed by atoms with Crippen LogP contribution in [0.15, 0.2) is 48.5 Å². The Balaban J connectivity index is 1.87. The first kappa shape index (κ1) is 19.8. The number of rotatable bonds is 9. The lowest BCUT2D eigenvalue weighted by atomic mass is 9.98. The van der Waals surface area contributed by atoms with E-state index in [-0.39, 0.29) is 12.5 Å². The van der Waals surface area contributed by atoms with Crippen molar-refractivity contribution in [2.75, 3.05) is 18.5 Å². The van der Waals surface area contributed by atoms with E-state index in [1.807, 2.05) is 42.5 Å². The fraction of sp³-hybridized carbons (Fsp3) is 0.409. The smallest absolute Gasteiger partial charge is 0.262 e. The minimum absolute atomic E-state index is 0.0148. The number of ether oxygens (including phenoxy) is 2. The highest BCUT2D eigenvalue weighted by Crippen LogP contribution is 2.28. The third-order valence-electron chi connectivity index (χ3n) is 4.14. The molecule has 0 aliphatic carbocycles. The second-order valence-corrected chi connectivity index (χ2v) is 6.91. The lowest BCUT2D eigenvalue weighted by Crippen LogP contribution is -2.20. The minimum atomic E-state index is -0.181. The number of anilines is 1. The minimum Gasteiger partial charge on any atom is -0.493 e. The zero-order chi connectivity index (χ0) is 18.9. The molecule has 0 aliphatic heterocycles. The van der Waals surface area contributed by atoms with E-state index in [4.69, 9.17) is 9.47 Å². The molecule has 4 nitrogen and oxygen atoms in total. The number of para-hydroxylation sites is 1. The SMILES string of the molecule is CC[C@@H](C)c1ccccc1OCC(=O)Nc1ccc(OCC(C)C)cc1. The first-order valence-corrected chi connectivity index (χ1v) is 9.24. The van der Waals surface area contributed by atoms with Crippen LogP contribution < -0.4 is 14.8 Å². The molecule has 0 heterocycles. The summed E-state index contributed by atoms with van der Waals surface area (Å²) >= 11 is 0.